The Morgan fingerprint density at radius 1 is 1.29 bits per heavy atom. The number of benzene rings is 1. The van der Waals surface area contributed by atoms with E-state index in [0.717, 1.165) is 10.1 Å². The third-order valence-corrected chi connectivity index (χ3v) is 4.97. The Labute approximate surface area is 146 Å². The van der Waals surface area contributed by atoms with Crippen molar-refractivity contribution in [3.05, 3.63) is 43.9 Å². The van der Waals surface area contributed by atoms with Crippen LogP contribution in [-0.4, -0.2) is 52.1 Å². The molecule has 8 nitrogen and oxygen atoms in total. The molecule has 126 valence electrons. The number of aromatic nitrogens is 2. The van der Waals surface area contributed by atoms with Crippen molar-refractivity contribution in [2.75, 3.05) is 31.1 Å². The summed E-state index contributed by atoms with van der Waals surface area (Å²) in [6.07, 6.45) is 0. The van der Waals surface area contributed by atoms with Crippen LogP contribution in [0.25, 0.3) is 0 Å². The van der Waals surface area contributed by atoms with Gasteiger partial charge in [-0.1, -0.05) is 22.9 Å². The van der Waals surface area contributed by atoms with Crippen molar-refractivity contribution in [1.29, 1.82) is 0 Å². The zero-order chi connectivity index (χ0) is 17.3. The van der Waals surface area contributed by atoms with Gasteiger partial charge in [0, 0.05) is 38.3 Å². The van der Waals surface area contributed by atoms with E-state index in [4.69, 9.17) is 11.6 Å². The van der Waals surface area contributed by atoms with Gasteiger partial charge in [-0.15, -0.1) is 10.2 Å². The fourth-order valence-electron chi connectivity index (χ4n) is 2.48. The molecule has 0 unspecified atom stereocenters. The van der Waals surface area contributed by atoms with Gasteiger partial charge >= 0.3 is 0 Å². The summed E-state index contributed by atoms with van der Waals surface area (Å²) in [6, 6.07) is 3.90. The second-order valence-electron chi connectivity index (χ2n) is 5.30. The van der Waals surface area contributed by atoms with Gasteiger partial charge in [0.15, 0.2) is 0 Å². The van der Waals surface area contributed by atoms with Crippen LogP contribution in [-0.2, 0) is 0 Å². The van der Waals surface area contributed by atoms with Crippen molar-refractivity contribution in [2.24, 2.45) is 0 Å². The molecule has 0 spiro atoms. The van der Waals surface area contributed by atoms with Crippen LogP contribution in [0.3, 0.4) is 0 Å². The quantitative estimate of drug-likeness (QED) is 0.610. The van der Waals surface area contributed by atoms with Gasteiger partial charge < -0.3 is 9.80 Å². The van der Waals surface area contributed by atoms with Crippen LogP contribution in [0.1, 0.15) is 15.4 Å². The van der Waals surface area contributed by atoms with Gasteiger partial charge in [-0.2, -0.15) is 0 Å². The Hall–Kier alpha value is -2.26. The molecule has 1 amide bonds. The number of carbonyl (C=O) groups excluding carboxylic acids is 1. The number of hydrogen-bond acceptors (Lipinski definition) is 7. The molecule has 0 radical (unpaired) electrons. The summed E-state index contributed by atoms with van der Waals surface area (Å²) in [4.78, 5) is 26.7. The Kier molecular flexibility index (Phi) is 4.63. The van der Waals surface area contributed by atoms with Crippen molar-refractivity contribution in [3.63, 3.8) is 0 Å². The smallest absolute Gasteiger partial charge is 0.270 e. The highest BCUT2D eigenvalue weighted by molar-refractivity contribution is 7.15. The van der Waals surface area contributed by atoms with Gasteiger partial charge in [0.05, 0.1) is 15.5 Å². The average Bonchev–Trinajstić information content (AvgIpc) is 3.01. The van der Waals surface area contributed by atoms with Gasteiger partial charge in [-0.25, -0.2) is 0 Å². The molecular formula is C14H14ClN5O3S. The molecule has 3 rings (SSSR count). The minimum Gasteiger partial charge on any atom is -0.343 e. The van der Waals surface area contributed by atoms with Crippen LogP contribution >= 0.6 is 22.9 Å². The standard InChI is InChI=1S/C14H14ClN5O3S/c1-9-16-17-14(24-9)19-6-4-18(5-7-19)13(21)11-8-10(20(22)23)2-3-12(11)15/h2-3,8H,4-7H2,1H3. The van der Waals surface area contributed by atoms with Crippen molar-refractivity contribution in [2.45, 2.75) is 6.92 Å². The number of amides is 1. The summed E-state index contributed by atoms with van der Waals surface area (Å²) in [5.41, 5.74) is 0.0109. The van der Waals surface area contributed by atoms with E-state index in [-0.39, 0.29) is 22.2 Å². The summed E-state index contributed by atoms with van der Waals surface area (Å²) in [7, 11) is 0. The lowest BCUT2D eigenvalue weighted by Gasteiger charge is -2.34. The molecule has 2 aromatic rings. The van der Waals surface area contributed by atoms with E-state index in [1.807, 2.05) is 6.92 Å². The Morgan fingerprint density at radius 3 is 2.58 bits per heavy atom. The summed E-state index contributed by atoms with van der Waals surface area (Å²) in [5.74, 6) is -0.295. The van der Waals surface area contributed by atoms with Crippen LogP contribution in [0.15, 0.2) is 18.2 Å². The topological polar surface area (TPSA) is 92.5 Å². The van der Waals surface area contributed by atoms with E-state index >= 15 is 0 Å². The first-order chi connectivity index (χ1) is 11.5. The maximum absolute atomic E-state index is 12.6. The molecule has 1 aliphatic rings. The highest BCUT2D eigenvalue weighted by Gasteiger charge is 2.26. The maximum atomic E-state index is 12.6. The third-order valence-electron chi connectivity index (χ3n) is 3.74. The van der Waals surface area contributed by atoms with E-state index in [1.54, 1.807) is 4.90 Å². The molecule has 1 saturated heterocycles. The molecule has 0 bridgehead atoms. The fraction of sp³-hybridized carbons (Fsp3) is 0.357. The van der Waals surface area contributed by atoms with Crippen LogP contribution in [0, 0.1) is 17.0 Å². The number of aryl methyl sites for hydroxylation is 1. The summed E-state index contributed by atoms with van der Waals surface area (Å²) in [5, 5.41) is 20.9. The zero-order valence-corrected chi connectivity index (χ0v) is 14.4. The third kappa shape index (κ3) is 3.31. The van der Waals surface area contributed by atoms with Crippen molar-refractivity contribution in [1.82, 2.24) is 15.1 Å². The van der Waals surface area contributed by atoms with E-state index in [0.29, 0.717) is 26.2 Å². The number of anilines is 1. The average molecular weight is 368 g/mol. The molecule has 0 N–H and O–H groups in total. The number of nitrogens with zero attached hydrogens (tertiary/aromatic N) is 5. The number of carbonyl (C=O) groups is 1. The molecule has 1 aliphatic heterocycles. The lowest BCUT2D eigenvalue weighted by molar-refractivity contribution is -0.384. The Balaban J connectivity index is 1.71. The number of halogens is 1. The molecule has 2 heterocycles. The van der Waals surface area contributed by atoms with Crippen molar-refractivity contribution >= 4 is 39.7 Å². The minimum atomic E-state index is -0.539. The predicted octanol–water partition coefficient (Wildman–Crippen LogP) is 2.37. The first-order valence-electron chi connectivity index (χ1n) is 7.24. The van der Waals surface area contributed by atoms with E-state index in [1.165, 1.54) is 29.5 Å². The maximum Gasteiger partial charge on any atom is 0.270 e. The SMILES string of the molecule is Cc1nnc(N2CCN(C(=O)c3cc([N+](=O)[O-])ccc3Cl)CC2)s1. The van der Waals surface area contributed by atoms with Crippen LogP contribution in [0.2, 0.25) is 5.02 Å². The Morgan fingerprint density at radius 2 is 2.00 bits per heavy atom. The monoisotopic (exact) mass is 367 g/mol. The van der Waals surface area contributed by atoms with E-state index in [9.17, 15) is 14.9 Å². The Bertz CT molecular complexity index is 788. The number of non-ortho nitro benzene ring substituents is 1. The van der Waals surface area contributed by atoms with Gasteiger partial charge in [0.1, 0.15) is 5.01 Å². The first-order valence-corrected chi connectivity index (χ1v) is 8.43. The van der Waals surface area contributed by atoms with Gasteiger partial charge in [-0.05, 0) is 13.0 Å². The number of nitro benzene ring substituents is 1. The van der Waals surface area contributed by atoms with Crippen LogP contribution in [0.4, 0.5) is 10.8 Å². The molecule has 1 aromatic carbocycles. The van der Waals surface area contributed by atoms with Gasteiger partial charge in [-0.3, -0.25) is 14.9 Å². The highest BCUT2D eigenvalue weighted by atomic mass is 35.5. The molecule has 1 aromatic heterocycles. The van der Waals surface area contributed by atoms with Gasteiger partial charge in [0.25, 0.3) is 11.6 Å². The van der Waals surface area contributed by atoms with Crippen LogP contribution < -0.4 is 4.90 Å². The molecule has 24 heavy (non-hydrogen) atoms. The number of rotatable bonds is 3. The number of hydrogen-bond donors (Lipinski definition) is 0. The molecule has 1 fully saturated rings. The molecule has 0 saturated carbocycles. The largest absolute Gasteiger partial charge is 0.343 e. The molecule has 0 atom stereocenters. The lowest BCUT2D eigenvalue weighted by atomic mass is 10.1. The van der Waals surface area contributed by atoms with Crippen molar-refractivity contribution in [3.8, 4) is 0 Å². The van der Waals surface area contributed by atoms with Crippen LogP contribution in [0.5, 0.6) is 0 Å². The fourth-order valence-corrected chi connectivity index (χ4v) is 3.41. The van der Waals surface area contributed by atoms with Crippen molar-refractivity contribution < 1.29 is 9.72 Å². The first kappa shape index (κ1) is 16.6. The second-order valence-corrected chi connectivity index (χ2v) is 6.87. The summed E-state index contributed by atoms with van der Waals surface area (Å²) >= 11 is 7.56. The molecule has 10 heteroatoms. The van der Waals surface area contributed by atoms with Gasteiger partial charge in [0.2, 0.25) is 5.13 Å². The number of piperazine rings is 1. The van der Waals surface area contributed by atoms with E-state index in [2.05, 4.69) is 15.1 Å². The lowest BCUT2D eigenvalue weighted by Crippen LogP contribution is -2.48. The molecular weight excluding hydrogens is 354 g/mol. The highest BCUT2D eigenvalue weighted by Crippen LogP contribution is 2.25. The second kappa shape index (κ2) is 6.70. The summed E-state index contributed by atoms with van der Waals surface area (Å²) < 4.78 is 0. The predicted molar refractivity (Wildman–Crippen MR) is 90.9 cm³/mol. The normalized spacial score (nSPS) is 14.8. The summed E-state index contributed by atoms with van der Waals surface area (Å²) in [6.45, 7) is 4.15. The van der Waals surface area contributed by atoms with E-state index < -0.39 is 4.92 Å². The molecule has 0 aliphatic carbocycles. The number of nitro groups is 1. The zero-order valence-electron chi connectivity index (χ0n) is 12.8. The minimum absolute atomic E-state index is 0.147.